The van der Waals surface area contributed by atoms with Gasteiger partial charge in [0.05, 0.1) is 11.5 Å². The Kier molecular flexibility index (Phi) is 10.2. The first kappa shape index (κ1) is 26.4. The molecule has 0 spiro atoms. The van der Waals surface area contributed by atoms with Crippen LogP contribution in [0.1, 0.15) is 68.9 Å². The van der Waals surface area contributed by atoms with E-state index in [1.165, 1.54) is 37.8 Å². The molecule has 0 saturated heterocycles. The molecule has 0 aliphatic rings. The molecule has 0 N–H and O–H groups in total. The summed E-state index contributed by atoms with van der Waals surface area (Å²) < 4.78 is 55.5. The van der Waals surface area contributed by atoms with Crippen molar-refractivity contribution in [3.63, 3.8) is 0 Å². The van der Waals surface area contributed by atoms with E-state index in [-0.39, 0.29) is 5.92 Å². The van der Waals surface area contributed by atoms with Crippen molar-refractivity contribution in [2.24, 2.45) is 0 Å². The van der Waals surface area contributed by atoms with Crippen molar-refractivity contribution in [3.05, 3.63) is 59.7 Å². The van der Waals surface area contributed by atoms with Crippen molar-refractivity contribution in [2.45, 2.75) is 69.9 Å². The zero-order chi connectivity index (χ0) is 23.6. The van der Waals surface area contributed by atoms with Crippen molar-refractivity contribution in [1.82, 2.24) is 0 Å². The fraction of sp³-hybridized carbons (Fsp3) is 0.538. The predicted octanol–water partition coefficient (Wildman–Crippen LogP) is 7.80. The molecule has 2 aromatic rings. The molecule has 3 nitrogen and oxygen atoms in total. The van der Waals surface area contributed by atoms with E-state index in [4.69, 9.17) is 14.2 Å². The van der Waals surface area contributed by atoms with E-state index in [2.05, 4.69) is 6.92 Å². The molecule has 0 bridgehead atoms. The van der Waals surface area contributed by atoms with Gasteiger partial charge in [-0.25, -0.2) is 0 Å². The summed E-state index contributed by atoms with van der Waals surface area (Å²) in [6.45, 7) is 2.20. The summed E-state index contributed by atoms with van der Waals surface area (Å²) in [5, 5.41) is 0. The van der Waals surface area contributed by atoms with Crippen LogP contribution in [0, 0.1) is 0 Å². The second-order valence-corrected chi connectivity index (χ2v) is 8.02. The lowest BCUT2D eigenvalue weighted by atomic mass is 9.89. The lowest BCUT2D eigenvalue weighted by Crippen LogP contribution is -2.42. The molecule has 1 atom stereocenters. The van der Waals surface area contributed by atoms with Crippen molar-refractivity contribution in [1.29, 1.82) is 0 Å². The molecule has 178 valence electrons. The van der Waals surface area contributed by atoms with E-state index < -0.39 is 17.7 Å². The zero-order valence-electron chi connectivity index (χ0n) is 19.5. The second kappa shape index (κ2) is 12.4. The van der Waals surface area contributed by atoms with E-state index in [1.807, 2.05) is 24.3 Å². The van der Waals surface area contributed by atoms with Crippen LogP contribution in [-0.4, -0.2) is 27.3 Å². The smallest absolute Gasteiger partial charge is 0.330 e. The number of alkyl halides is 3. The SMILES string of the molecule is CCCCCCCCC(c1ccc(-c2ccc(C(F)(F)F)cc2)cc1)C(OC)(OC)OC. The van der Waals surface area contributed by atoms with Crippen LogP contribution in [-0.2, 0) is 20.4 Å². The number of halogens is 3. The number of hydrogen-bond acceptors (Lipinski definition) is 3. The Morgan fingerprint density at radius 3 is 1.62 bits per heavy atom. The van der Waals surface area contributed by atoms with Gasteiger partial charge in [-0.1, -0.05) is 81.8 Å². The highest BCUT2D eigenvalue weighted by molar-refractivity contribution is 5.64. The van der Waals surface area contributed by atoms with E-state index in [1.54, 1.807) is 21.3 Å². The molecule has 1 unspecified atom stereocenters. The zero-order valence-corrected chi connectivity index (χ0v) is 19.5. The summed E-state index contributed by atoms with van der Waals surface area (Å²) in [4.78, 5) is 0. The van der Waals surface area contributed by atoms with Gasteiger partial charge in [0.2, 0.25) is 0 Å². The molecule has 0 aliphatic carbocycles. The highest BCUT2D eigenvalue weighted by Crippen LogP contribution is 2.38. The normalized spacial score (nSPS) is 13.3. The lowest BCUT2D eigenvalue weighted by molar-refractivity contribution is -0.365. The van der Waals surface area contributed by atoms with Gasteiger partial charge in [0.25, 0.3) is 5.97 Å². The molecule has 2 aromatic carbocycles. The van der Waals surface area contributed by atoms with E-state index in [9.17, 15) is 13.2 Å². The summed E-state index contributed by atoms with van der Waals surface area (Å²) in [5.74, 6) is -1.34. The predicted molar refractivity (Wildman–Crippen MR) is 121 cm³/mol. The lowest BCUT2D eigenvalue weighted by Gasteiger charge is -2.36. The Bertz CT molecular complexity index is 773. The minimum absolute atomic E-state index is 0.143. The Labute approximate surface area is 189 Å². The van der Waals surface area contributed by atoms with Crippen LogP contribution in [0.3, 0.4) is 0 Å². The summed E-state index contributed by atoms with van der Waals surface area (Å²) in [5.41, 5.74) is 1.92. The van der Waals surface area contributed by atoms with Crippen LogP contribution in [0.4, 0.5) is 13.2 Å². The number of ether oxygens (including phenoxy) is 3. The quantitative estimate of drug-likeness (QED) is 0.229. The molecule has 0 aromatic heterocycles. The highest BCUT2D eigenvalue weighted by atomic mass is 19.4. The molecule has 0 radical (unpaired) electrons. The molecule has 0 saturated carbocycles. The van der Waals surface area contributed by atoms with Crippen molar-refractivity contribution >= 4 is 0 Å². The first-order valence-electron chi connectivity index (χ1n) is 11.2. The summed E-state index contributed by atoms with van der Waals surface area (Å²) >= 11 is 0. The maximum atomic E-state index is 12.8. The van der Waals surface area contributed by atoms with Gasteiger partial charge >= 0.3 is 6.18 Å². The monoisotopic (exact) mass is 452 g/mol. The van der Waals surface area contributed by atoms with Gasteiger partial charge in [0, 0.05) is 21.3 Å². The fourth-order valence-corrected chi connectivity index (χ4v) is 4.11. The first-order valence-corrected chi connectivity index (χ1v) is 11.2. The van der Waals surface area contributed by atoms with Crippen LogP contribution in [0.25, 0.3) is 11.1 Å². The number of rotatable bonds is 13. The van der Waals surface area contributed by atoms with Crippen LogP contribution in [0.15, 0.2) is 48.5 Å². The molecule has 6 heteroatoms. The molecular weight excluding hydrogens is 417 g/mol. The Hall–Kier alpha value is -1.89. The second-order valence-electron chi connectivity index (χ2n) is 8.02. The maximum Gasteiger partial charge on any atom is 0.416 e. The fourth-order valence-electron chi connectivity index (χ4n) is 4.11. The van der Waals surface area contributed by atoms with Crippen molar-refractivity contribution in [2.75, 3.05) is 21.3 Å². The molecular formula is C26H35F3O3. The maximum absolute atomic E-state index is 12.8. The third-order valence-corrected chi connectivity index (χ3v) is 5.99. The topological polar surface area (TPSA) is 27.7 Å². The standard InChI is InChI=1S/C26H35F3O3/c1-5-6-7-8-9-10-11-24(26(30-2,31-3)32-4)22-14-12-20(13-15-22)21-16-18-23(19-17-21)25(27,28)29/h12-19,24H,5-11H2,1-4H3. The highest BCUT2D eigenvalue weighted by Gasteiger charge is 2.40. The van der Waals surface area contributed by atoms with Gasteiger partial charge in [-0.05, 0) is 35.2 Å². The average molecular weight is 453 g/mol. The Morgan fingerprint density at radius 2 is 1.16 bits per heavy atom. The molecule has 2 rings (SSSR count). The molecule has 0 fully saturated rings. The van der Waals surface area contributed by atoms with Crippen LogP contribution in [0.5, 0.6) is 0 Å². The third-order valence-electron chi connectivity index (χ3n) is 5.99. The minimum Gasteiger partial charge on any atom is -0.330 e. The summed E-state index contributed by atoms with van der Waals surface area (Å²) in [7, 11) is 4.70. The molecule has 32 heavy (non-hydrogen) atoms. The van der Waals surface area contributed by atoms with Crippen molar-refractivity contribution in [3.8, 4) is 11.1 Å². The van der Waals surface area contributed by atoms with Crippen molar-refractivity contribution < 1.29 is 27.4 Å². The number of hydrogen-bond donors (Lipinski definition) is 0. The number of methoxy groups -OCH3 is 3. The van der Waals surface area contributed by atoms with E-state index in [0.29, 0.717) is 0 Å². The average Bonchev–Trinajstić information content (AvgIpc) is 2.81. The Morgan fingerprint density at radius 1 is 0.688 bits per heavy atom. The summed E-state index contributed by atoms with van der Waals surface area (Å²) in [6.07, 6.45) is 3.57. The number of benzene rings is 2. The third kappa shape index (κ3) is 6.80. The van der Waals surface area contributed by atoms with Gasteiger partial charge in [0.1, 0.15) is 0 Å². The van der Waals surface area contributed by atoms with Crippen LogP contribution < -0.4 is 0 Å². The van der Waals surface area contributed by atoms with Gasteiger partial charge < -0.3 is 14.2 Å². The first-order chi connectivity index (χ1) is 15.3. The van der Waals surface area contributed by atoms with Crippen LogP contribution >= 0.6 is 0 Å². The van der Waals surface area contributed by atoms with E-state index in [0.717, 1.165) is 48.1 Å². The molecule has 0 heterocycles. The van der Waals surface area contributed by atoms with Gasteiger partial charge in [0.15, 0.2) is 0 Å². The van der Waals surface area contributed by atoms with Gasteiger partial charge in [-0.15, -0.1) is 0 Å². The van der Waals surface area contributed by atoms with Gasteiger partial charge in [-0.2, -0.15) is 13.2 Å². The van der Waals surface area contributed by atoms with E-state index >= 15 is 0 Å². The van der Waals surface area contributed by atoms with Crippen LogP contribution in [0.2, 0.25) is 0 Å². The number of unbranched alkanes of at least 4 members (excludes halogenated alkanes) is 5. The minimum atomic E-state index is -4.34. The molecule has 0 aliphatic heterocycles. The largest absolute Gasteiger partial charge is 0.416 e. The van der Waals surface area contributed by atoms with Gasteiger partial charge in [-0.3, -0.25) is 0 Å². The summed E-state index contributed by atoms with van der Waals surface area (Å²) in [6, 6.07) is 13.0. The molecule has 0 amide bonds. The Balaban J connectivity index is 2.20.